The van der Waals surface area contributed by atoms with Crippen LogP contribution in [0.2, 0.25) is 0 Å². The number of carboxylic acid groups (broad SMARTS) is 1. The van der Waals surface area contributed by atoms with Gasteiger partial charge in [0.25, 0.3) is 0 Å². The number of benzene rings is 1. The first kappa shape index (κ1) is 14.0. The Bertz CT molecular complexity index is 476. The molecule has 0 aliphatic carbocycles. The second-order valence-electron chi connectivity index (χ2n) is 3.41. The van der Waals surface area contributed by atoms with Gasteiger partial charge in [0.15, 0.2) is 0 Å². The van der Waals surface area contributed by atoms with Crippen molar-refractivity contribution in [2.75, 3.05) is 19.0 Å². The standard InChI is InChI=1S/C11H11F2NO4/c1-18-3-2-10(15)14-9-4-6(11(16)17)7(12)5-8(9)13/h4-5H,2-3H2,1H3,(H,14,15)(H,16,17). The summed E-state index contributed by atoms with van der Waals surface area (Å²) >= 11 is 0. The van der Waals surface area contributed by atoms with E-state index in [0.717, 1.165) is 6.07 Å². The fourth-order valence-electron chi connectivity index (χ4n) is 1.22. The highest BCUT2D eigenvalue weighted by molar-refractivity contribution is 5.94. The van der Waals surface area contributed by atoms with Crippen molar-refractivity contribution < 1.29 is 28.2 Å². The Morgan fingerprint density at radius 1 is 1.33 bits per heavy atom. The number of ether oxygens (including phenoxy) is 1. The molecule has 0 bridgehead atoms. The molecule has 0 aromatic heterocycles. The van der Waals surface area contributed by atoms with Gasteiger partial charge in [0.05, 0.1) is 24.3 Å². The molecule has 7 heteroatoms. The lowest BCUT2D eigenvalue weighted by atomic mass is 10.1. The second kappa shape index (κ2) is 6.06. The molecule has 2 N–H and O–H groups in total. The third kappa shape index (κ3) is 3.49. The summed E-state index contributed by atoms with van der Waals surface area (Å²) in [5, 5.41) is 10.8. The molecule has 0 radical (unpaired) electrons. The summed E-state index contributed by atoms with van der Waals surface area (Å²) in [6, 6.07) is 1.15. The molecule has 0 aliphatic rings. The molecule has 18 heavy (non-hydrogen) atoms. The number of halogens is 2. The van der Waals surface area contributed by atoms with E-state index in [0.29, 0.717) is 6.07 Å². The van der Waals surface area contributed by atoms with Crippen LogP contribution in [0.15, 0.2) is 12.1 Å². The number of hydrogen-bond acceptors (Lipinski definition) is 3. The molecular weight excluding hydrogens is 248 g/mol. The molecule has 0 heterocycles. The van der Waals surface area contributed by atoms with E-state index in [-0.39, 0.29) is 18.7 Å². The average Bonchev–Trinajstić information content (AvgIpc) is 2.29. The first-order chi connectivity index (χ1) is 8.45. The van der Waals surface area contributed by atoms with Gasteiger partial charge in [-0.3, -0.25) is 4.79 Å². The van der Waals surface area contributed by atoms with E-state index in [1.165, 1.54) is 7.11 Å². The van der Waals surface area contributed by atoms with E-state index in [2.05, 4.69) is 10.1 Å². The van der Waals surface area contributed by atoms with Gasteiger partial charge in [0.2, 0.25) is 5.91 Å². The smallest absolute Gasteiger partial charge is 0.338 e. The number of carbonyl (C=O) groups is 2. The Kier molecular flexibility index (Phi) is 4.73. The number of methoxy groups -OCH3 is 1. The van der Waals surface area contributed by atoms with Crippen molar-refractivity contribution in [3.8, 4) is 0 Å². The molecule has 0 spiro atoms. The van der Waals surface area contributed by atoms with E-state index in [1.807, 2.05) is 0 Å². The van der Waals surface area contributed by atoms with E-state index >= 15 is 0 Å². The number of nitrogens with one attached hydrogen (secondary N) is 1. The molecule has 1 amide bonds. The van der Waals surface area contributed by atoms with Crippen LogP contribution in [0.25, 0.3) is 0 Å². The normalized spacial score (nSPS) is 10.2. The Balaban J connectivity index is 2.92. The van der Waals surface area contributed by atoms with Gasteiger partial charge in [0.1, 0.15) is 11.6 Å². The zero-order valence-electron chi connectivity index (χ0n) is 9.50. The third-order valence-corrected chi connectivity index (χ3v) is 2.09. The SMILES string of the molecule is COCCC(=O)Nc1cc(C(=O)O)c(F)cc1F. The molecule has 0 saturated carbocycles. The van der Waals surface area contributed by atoms with Gasteiger partial charge in [-0.25, -0.2) is 13.6 Å². The maximum absolute atomic E-state index is 13.3. The Hall–Kier alpha value is -2.02. The number of anilines is 1. The molecule has 0 fully saturated rings. The summed E-state index contributed by atoms with van der Waals surface area (Å²) < 4.78 is 31.0. The summed E-state index contributed by atoms with van der Waals surface area (Å²) in [5.41, 5.74) is -1.09. The fraction of sp³-hybridized carbons (Fsp3) is 0.273. The van der Waals surface area contributed by atoms with Crippen molar-refractivity contribution in [1.82, 2.24) is 0 Å². The topological polar surface area (TPSA) is 75.6 Å². The highest BCUT2D eigenvalue weighted by Crippen LogP contribution is 2.19. The lowest BCUT2D eigenvalue weighted by Gasteiger charge is -2.07. The lowest BCUT2D eigenvalue weighted by Crippen LogP contribution is -2.15. The fourth-order valence-corrected chi connectivity index (χ4v) is 1.22. The van der Waals surface area contributed by atoms with Crippen LogP contribution in [0.4, 0.5) is 14.5 Å². The number of amides is 1. The molecule has 1 rings (SSSR count). The van der Waals surface area contributed by atoms with Crippen LogP contribution in [0.3, 0.4) is 0 Å². The third-order valence-electron chi connectivity index (χ3n) is 2.09. The molecule has 98 valence electrons. The molecule has 5 nitrogen and oxygen atoms in total. The van der Waals surface area contributed by atoms with Crippen molar-refractivity contribution in [2.45, 2.75) is 6.42 Å². The molecule has 1 aromatic rings. The Labute approximate surface area is 101 Å². The van der Waals surface area contributed by atoms with E-state index in [4.69, 9.17) is 5.11 Å². The van der Waals surface area contributed by atoms with E-state index < -0.39 is 29.1 Å². The van der Waals surface area contributed by atoms with E-state index in [1.54, 1.807) is 0 Å². The molecule has 0 unspecified atom stereocenters. The number of hydrogen-bond donors (Lipinski definition) is 2. The zero-order valence-corrected chi connectivity index (χ0v) is 9.50. The van der Waals surface area contributed by atoms with Crippen LogP contribution in [-0.2, 0) is 9.53 Å². The number of carbonyl (C=O) groups excluding carboxylic acids is 1. The van der Waals surface area contributed by atoms with Crippen LogP contribution in [0, 0.1) is 11.6 Å². The molecule has 0 aliphatic heterocycles. The van der Waals surface area contributed by atoms with Crippen molar-refractivity contribution >= 4 is 17.6 Å². The Morgan fingerprint density at radius 2 is 2.00 bits per heavy atom. The van der Waals surface area contributed by atoms with Crippen molar-refractivity contribution in [2.24, 2.45) is 0 Å². The predicted molar refractivity (Wildman–Crippen MR) is 58.4 cm³/mol. The van der Waals surface area contributed by atoms with Crippen molar-refractivity contribution in [3.63, 3.8) is 0 Å². The Morgan fingerprint density at radius 3 is 2.56 bits per heavy atom. The molecule has 0 saturated heterocycles. The summed E-state index contributed by atoms with van der Waals surface area (Å²) in [6.45, 7) is 0.139. The summed E-state index contributed by atoms with van der Waals surface area (Å²) in [5.74, 6) is -4.34. The van der Waals surface area contributed by atoms with Crippen LogP contribution in [-0.4, -0.2) is 30.7 Å². The van der Waals surface area contributed by atoms with Gasteiger partial charge in [-0.1, -0.05) is 0 Å². The summed E-state index contributed by atoms with van der Waals surface area (Å²) in [6.07, 6.45) is -0.0181. The molecular formula is C11H11F2NO4. The average molecular weight is 259 g/mol. The highest BCUT2D eigenvalue weighted by atomic mass is 19.1. The maximum atomic E-state index is 13.3. The number of rotatable bonds is 5. The van der Waals surface area contributed by atoms with Crippen LogP contribution >= 0.6 is 0 Å². The zero-order chi connectivity index (χ0) is 13.7. The minimum absolute atomic E-state index is 0.0181. The van der Waals surface area contributed by atoms with E-state index in [9.17, 15) is 18.4 Å². The van der Waals surface area contributed by atoms with Gasteiger partial charge >= 0.3 is 5.97 Å². The lowest BCUT2D eigenvalue weighted by molar-refractivity contribution is -0.117. The monoisotopic (exact) mass is 259 g/mol. The minimum atomic E-state index is -1.54. The van der Waals surface area contributed by atoms with Crippen LogP contribution < -0.4 is 5.32 Å². The van der Waals surface area contributed by atoms with Gasteiger partial charge in [-0.15, -0.1) is 0 Å². The largest absolute Gasteiger partial charge is 0.478 e. The minimum Gasteiger partial charge on any atom is -0.478 e. The number of aromatic carboxylic acids is 1. The summed E-state index contributed by atoms with van der Waals surface area (Å²) in [4.78, 5) is 21.9. The van der Waals surface area contributed by atoms with Crippen LogP contribution in [0.5, 0.6) is 0 Å². The first-order valence-corrected chi connectivity index (χ1v) is 4.96. The predicted octanol–water partition coefficient (Wildman–Crippen LogP) is 1.64. The summed E-state index contributed by atoms with van der Waals surface area (Å²) in [7, 11) is 1.40. The highest BCUT2D eigenvalue weighted by Gasteiger charge is 2.16. The maximum Gasteiger partial charge on any atom is 0.338 e. The van der Waals surface area contributed by atoms with Gasteiger partial charge < -0.3 is 15.2 Å². The first-order valence-electron chi connectivity index (χ1n) is 4.96. The van der Waals surface area contributed by atoms with Crippen LogP contribution in [0.1, 0.15) is 16.8 Å². The second-order valence-corrected chi connectivity index (χ2v) is 3.41. The van der Waals surface area contributed by atoms with Crippen molar-refractivity contribution in [1.29, 1.82) is 0 Å². The molecule has 1 aromatic carbocycles. The van der Waals surface area contributed by atoms with Gasteiger partial charge in [0, 0.05) is 13.2 Å². The molecule has 0 atom stereocenters. The van der Waals surface area contributed by atoms with Gasteiger partial charge in [-0.2, -0.15) is 0 Å². The number of carboxylic acids is 1. The van der Waals surface area contributed by atoms with Crippen molar-refractivity contribution in [3.05, 3.63) is 29.3 Å². The van der Waals surface area contributed by atoms with Gasteiger partial charge in [-0.05, 0) is 6.07 Å². The quantitative estimate of drug-likeness (QED) is 0.842.